The first-order chi connectivity index (χ1) is 11.4. The Labute approximate surface area is 136 Å². The van der Waals surface area contributed by atoms with Crippen molar-refractivity contribution in [2.45, 2.75) is 31.7 Å². The number of nitrogens with zero attached hydrogens (tertiary/aromatic N) is 1. The van der Waals surface area contributed by atoms with Crippen LogP contribution in [0.5, 0.6) is 0 Å². The second-order valence-electron chi connectivity index (χ2n) is 5.46. The summed E-state index contributed by atoms with van der Waals surface area (Å²) in [6, 6.07) is 1.91. The largest absolute Gasteiger partial charge is 0.465 e. The number of hydrogen-bond acceptors (Lipinski definition) is 3. The van der Waals surface area contributed by atoms with Gasteiger partial charge < -0.3 is 10.0 Å². The van der Waals surface area contributed by atoms with Crippen molar-refractivity contribution in [2.24, 2.45) is 0 Å². The van der Waals surface area contributed by atoms with Crippen LogP contribution in [-0.2, 0) is 4.79 Å². The van der Waals surface area contributed by atoms with E-state index in [2.05, 4.69) is 5.43 Å². The van der Waals surface area contributed by atoms with Crippen LogP contribution in [0.15, 0.2) is 18.2 Å². The van der Waals surface area contributed by atoms with Gasteiger partial charge in [0.2, 0.25) is 5.91 Å². The van der Waals surface area contributed by atoms with Crippen LogP contribution in [0.3, 0.4) is 0 Å². The summed E-state index contributed by atoms with van der Waals surface area (Å²) in [6.45, 7) is 0.355. The maximum absolute atomic E-state index is 13.4. The van der Waals surface area contributed by atoms with Crippen molar-refractivity contribution in [3.05, 3.63) is 35.4 Å². The third-order valence-corrected chi connectivity index (χ3v) is 3.78. The molecule has 0 spiro atoms. The number of carbonyl (C=O) groups is 3. The second kappa shape index (κ2) is 7.71. The van der Waals surface area contributed by atoms with Gasteiger partial charge in [-0.25, -0.2) is 13.6 Å². The Bertz CT molecular complexity index is 654. The Kier molecular flexibility index (Phi) is 5.67. The number of likely N-dealkylation sites (tertiary alicyclic amines) is 1. The molecule has 1 saturated heterocycles. The van der Waals surface area contributed by atoms with Gasteiger partial charge in [0.1, 0.15) is 11.6 Å². The molecule has 1 aromatic carbocycles. The molecule has 3 amide bonds. The van der Waals surface area contributed by atoms with E-state index in [0.29, 0.717) is 19.0 Å². The van der Waals surface area contributed by atoms with Crippen LogP contribution in [0, 0.1) is 11.6 Å². The van der Waals surface area contributed by atoms with Crippen molar-refractivity contribution in [2.75, 3.05) is 6.54 Å². The molecular weight excluding hydrogens is 324 g/mol. The van der Waals surface area contributed by atoms with Gasteiger partial charge in [-0.1, -0.05) is 0 Å². The Morgan fingerprint density at radius 2 is 1.96 bits per heavy atom. The van der Waals surface area contributed by atoms with Gasteiger partial charge in [-0.2, -0.15) is 0 Å². The molecule has 3 N–H and O–H groups in total. The molecule has 1 heterocycles. The maximum Gasteiger partial charge on any atom is 0.407 e. The molecule has 0 unspecified atom stereocenters. The lowest BCUT2D eigenvalue weighted by Crippen LogP contribution is -2.48. The number of hydrazine groups is 1. The summed E-state index contributed by atoms with van der Waals surface area (Å²) < 4.78 is 26.5. The molecule has 24 heavy (non-hydrogen) atoms. The quantitative estimate of drug-likeness (QED) is 0.728. The van der Waals surface area contributed by atoms with Crippen molar-refractivity contribution in [3.8, 4) is 0 Å². The van der Waals surface area contributed by atoms with Gasteiger partial charge in [-0.3, -0.25) is 20.4 Å². The van der Waals surface area contributed by atoms with Crippen molar-refractivity contribution >= 4 is 17.9 Å². The minimum Gasteiger partial charge on any atom is -0.465 e. The van der Waals surface area contributed by atoms with Gasteiger partial charge in [0.05, 0.1) is 5.56 Å². The first kappa shape index (κ1) is 17.6. The van der Waals surface area contributed by atoms with Crippen LogP contribution in [-0.4, -0.2) is 40.5 Å². The zero-order chi connectivity index (χ0) is 17.7. The molecule has 9 heteroatoms. The molecule has 7 nitrogen and oxygen atoms in total. The third kappa shape index (κ3) is 4.40. The highest BCUT2D eigenvalue weighted by Crippen LogP contribution is 2.19. The fourth-order valence-corrected chi connectivity index (χ4v) is 2.59. The molecule has 1 aliphatic rings. The monoisotopic (exact) mass is 341 g/mol. The molecule has 0 saturated carbocycles. The predicted octanol–water partition coefficient (Wildman–Crippen LogP) is 1.65. The zero-order valence-electron chi connectivity index (χ0n) is 12.7. The van der Waals surface area contributed by atoms with E-state index in [4.69, 9.17) is 5.11 Å². The molecule has 1 atom stereocenters. The second-order valence-corrected chi connectivity index (χ2v) is 5.46. The van der Waals surface area contributed by atoms with Crippen molar-refractivity contribution in [1.29, 1.82) is 0 Å². The smallest absolute Gasteiger partial charge is 0.407 e. The molecule has 2 rings (SSSR count). The van der Waals surface area contributed by atoms with E-state index in [1.54, 1.807) is 0 Å². The number of halogens is 2. The van der Waals surface area contributed by atoms with Gasteiger partial charge in [-0.15, -0.1) is 0 Å². The average molecular weight is 341 g/mol. The summed E-state index contributed by atoms with van der Waals surface area (Å²) in [6.07, 6.45) is 0.867. The predicted molar refractivity (Wildman–Crippen MR) is 79.0 cm³/mol. The van der Waals surface area contributed by atoms with Crippen LogP contribution in [0.25, 0.3) is 0 Å². The molecule has 0 aliphatic carbocycles. The standard InChI is InChI=1S/C15H17F2N3O4/c16-9-4-5-12(17)11(7-9)14(22)19-18-13(21)8-10-3-1-2-6-20(10)15(23)24/h4-5,7,10H,1-3,6,8H2,(H,18,21)(H,19,22)(H,23,24)/t10-/m0/s1. The van der Waals surface area contributed by atoms with E-state index < -0.39 is 41.1 Å². The Morgan fingerprint density at radius 3 is 2.67 bits per heavy atom. The SMILES string of the molecule is O=C(C[C@@H]1CCCCN1C(=O)O)NNC(=O)c1cc(F)ccc1F. The number of carboxylic acid groups (broad SMARTS) is 1. The summed E-state index contributed by atoms with van der Waals surface area (Å²) in [5.74, 6) is -3.32. The summed E-state index contributed by atoms with van der Waals surface area (Å²) in [4.78, 5) is 35.9. The van der Waals surface area contributed by atoms with Crippen LogP contribution >= 0.6 is 0 Å². The number of amides is 3. The normalized spacial score (nSPS) is 17.2. The number of carbonyl (C=O) groups excluding carboxylic acids is 2. The third-order valence-electron chi connectivity index (χ3n) is 3.78. The molecule has 1 fully saturated rings. The molecular formula is C15H17F2N3O4. The van der Waals surface area contributed by atoms with E-state index >= 15 is 0 Å². The topological polar surface area (TPSA) is 98.7 Å². The van der Waals surface area contributed by atoms with E-state index in [-0.39, 0.29) is 6.42 Å². The molecule has 130 valence electrons. The maximum atomic E-state index is 13.4. The van der Waals surface area contributed by atoms with E-state index in [0.717, 1.165) is 25.0 Å². The van der Waals surface area contributed by atoms with Crippen molar-refractivity contribution < 1.29 is 28.3 Å². The highest BCUT2D eigenvalue weighted by molar-refractivity contribution is 5.95. The first-order valence-electron chi connectivity index (χ1n) is 7.42. The highest BCUT2D eigenvalue weighted by Gasteiger charge is 2.28. The molecule has 1 aliphatic heterocycles. The molecule has 0 radical (unpaired) electrons. The minimum absolute atomic E-state index is 0.127. The fourth-order valence-electron chi connectivity index (χ4n) is 2.59. The zero-order valence-corrected chi connectivity index (χ0v) is 12.7. The lowest BCUT2D eigenvalue weighted by Gasteiger charge is -2.33. The van der Waals surface area contributed by atoms with Gasteiger partial charge in [-0.05, 0) is 37.5 Å². The van der Waals surface area contributed by atoms with Crippen molar-refractivity contribution in [3.63, 3.8) is 0 Å². The minimum atomic E-state index is -1.10. The van der Waals surface area contributed by atoms with Crippen LogP contribution in [0.4, 0.5) is 13.6 Å². The summed E-state index contributed by atoms with van der Waals surface area (Å²) in [7, 11) is 0. The number of rotatable bonds is 3. The lowest BCUT2D eigenvalue weighted by atomic mass is 10.00. The summed E-state index contributed by atoms with van der Waals surface area (Å²) >= 11 is 0. The molecule has 0 bridgehead atoms. The summed E-state index contributed by atoms with van der Waals surface area (Å²) in [5, 5.41) is 9.09. The number of hydrogen-bond donors (Lipinski definition) is 3. The van der Waals surface area contributed by atoms with Crippen LogP contribution in [0.2, 0.25) is 0 Å². The van der Waals surface area contributed by atoms with E-state index in [1.165, 1.54) is 4.90 Å². The van der Waals surface area contributed by atoms with E-state index in [9.17, 15) is 23.2 Å². The van der Waals surface area contributed by atoms with Gasteiger partial charge >= 0.3 is 6.09 Å². The first-order valence-corrected chi connectivity index (χ1v) is 7.42. The number of benzene rings is 1. The number of piperidine rings is 1. The van der Waals surface area contributed by atoms with Gasteiger partial charge in [0, 0.05) is 19.0 Å². The van der Waals surface area contributed by atoms with E-state index in [1.807, 2.05) is 5.43 Å². The Morgan fingerprint density at radius 1 is 1.21 bits per heavy atom. The van der Waals surface area contributed by atoms with Gasteiger partial charge in [0.15, 0.2) is 0 Å². The highest BCUT2D eigenvalue weighted by atomic mass is 19.1. The Balaban J connectivity index is 1.89. The summed E-state index contributed by atoms with van der Waals surface area (Å²) in [5.41, 5.74) is 3.53. The van der Waals surface area contributed by atoms with Gasteiger partial charge in [0.25, 0.3) is 5.91 Å². The van der Waals surface area contributed by atoms with Crippen LogP contribution in [0.1, 0.15) is 36.0 Å². The fraction of sp³-hybridized carbons (Fsp3) is 0.400. The Hall–Kier alpha value is -2.71. The average Bonchev–Trinajstić information content (AvgIpc) is 2.55. The molecule has 0 aromatic heterocycles. The van der Waals surface area contributed by atoms with Crippen molar-refractivity contribution in [1.82, 2.24) is 15.8 Å². The van der Waals surface area contributed by atoms with Crippen LogP contribution < -0.4 is 10.9 Å². The number of nitrogens with one attached hydrogen (secondary N) is 2. The molecule has 1 aromatic rings. The lowest BCUT2D eigenvalue weighted by molar-refractivity contribution is -0.123.